The Morgan fingerprint density at radius 1 is 1.42 bits per heavy atom. The summed E-state index contributed by atoms with van der Waals surface area (Å²) in [6.07, 6.45) is 3.35. The predicted molar refractivity (Wildman–Crippen MR) is 69.1 cm³/mol. The van der Waals surface area contributed by atoms with E-state index in [4.69, 9.17) is 4.74 Å². The average Bonchev–Trinajstić information content (AvgIpc) is 2.86. The fourth-order valence-electron chi connectivity index (χ4n) is 2.85. The Bertz CT molecular complexity index is 422. The molecule has 19 heavy (non-hydrogen) atoms. The summed E-state index contributed by atoms with van der Waals surface area (Å²) in [5.41, 5.74) is 0. The summed E-state index contributed by atoms with van der Waals surface area (Å²) in [5, 5.41) is 0. The lowest BCUT2D eigenvalue weighted by Crippen LogP contribution is -2.51. The van der Waals surface area contributed by atoms with Crippen LogP contribution in [-0.2, 0) is 24.3 Å². The predicted octanol–water partition coefficient (Wildman–Crippen LogP) is 0.523. The van der Waals surface area contributed by atoms with Gasteiger partial charge in [0.05, 0.1) is 31.6 Å². The fourth-order valence-corrected chi connectivity index (χ4v) is 4.60. The zero-order valence-corrected chi connectivity index (χ0v) is 12.0. The molecule has 0 bridgehead atoms. The number of fused-ring (bicyclic) bond motifs is 1. The zero-order chi connectivity index (χ0) is 13.9. The molecule has 1 saturated carbocycles. The third-order valence-corrected chi connectivity index (χ3v) is 5.77. The first-order chi connectivity index (χ1) is 9.04. The number of nitrogens with zero attached hydrogens (tertiary/aromatic N) is 1. The van der Waals surface area contributed by atoms with Gasteiger partial charge in [0.2, 0.25) is 10.0 Å². The molecular formula is C12H21NO5S. The number of hydrogen-bond donors (Lipinski definition) is 0. The van der Waals surface area contributed by atoms with Crippen LogP contribution in [0.2, 0.25) is 0 Å². The zero-order valence-electron chi connectivity index (χ0n) is 11.2. The van der Waals surface area contributed by atoms with E-state index in [0.717, 1.165) is 19.3 Å². The Hall–Kier alpha value is -0.660. The molecule has 2 rings (SSSR count). The number of ether oxygens (including phenoxy) is 2. The van der Waals surface area contributed by atoms with E-state index < -0.39 is 10.0 Å². The van der Waals surface area contributed by atoms with Crippen LogP contribution in [-0.4, -0.2) is 56.9 Å². The summed E-state index contributed by atoms with van der Waals surface area (Å²) in [7, 11) is -1.99. The van der Waals surface area contributed by atoms with Crippen molar-refractivity contribution in [1.29, 1.82) is 0 Å². The molecule has 1 aliphatic heterocycles. The van der Waals surface area contributed by atoms with Gasteiger partial charge < -0.3 is 9.47 Å². The molecule has 0 aromatic rings. The average molecular weight is 291 g/mol. The fraction of sp³-hybridized carbons (Fsp3) is 0.917. The molecule has 1 heterocycles. The number of methoxy groups -OCH3 is 1. The molecule has 0 amide bonds. The van der Waals surface area contributed by atoms with Gasteiger partial charge in [0.1, 0.15) is 0 Å². The van der Waals surface area contributed by atoms with Gasteiger partial charge in [0.25, 0.3) is 0 Å². The Morgan fingerprint density at radius 2 is 2.21 bits per heavy atom. The maximum absolute atomic E-state index is 12.3. The van der Waals surface area contributed by atoms with Crippen molar-refractivity contribution < 1.29 is 22.7 Å². The Kier molecular flexibility index (Phi) is 4.81. The first-order valence-electron chi connectivity index (χ1n) is 6.72. The number of rotatable bonds is 5. The maximum Gasteiger partial charge on any atom is 0.305 e. The van der Waals surface area contributed by atoms with Gasteiger partial charge in [0.15, 0.2) is 0 Å². The quantitative estimate of drug-likeness (QED) is 0.691. The minimum Gasteiger partial charge on any atom is -0.469 e. The van der Waals surface area contributed by atoms with E-state index in [0.29, 0.717) is 19.6 Å². The van der Waals surface area contributed by atoms with Gasteiger partial charge in [-0.1, -0.05) is 0 Å². The molecular weight excluding hydrogens is 270 g/mol. The second kappa shape index (κ2) is 6.19. The van der Waals surface area contributed by atoms with Crippen LogP contribution in [0.1, 0.15) is 32.1 Å². The summed E-state index contributed by atoms with van der Waals surface area (Å²) in [5.74, 6) is -0.360. The number of carbonyl (C=O) groups is 1. The van der Waals surface area contributed by atoms with Crippen molar-refractivity contribution in [2.45, 2.75) is 44.2 Å². The molecule has 0 N–H and O–H groups in total. The maximum atomic E-state index is 12.3. The lowest BCUT2D eigenvalue weighted by atomic mass is 10.2. The Morgan fingerprint density at radius 3 is 2.95 bits per heavy atom. The van der Waals surface area contributed by atoms with Crippen LogP contribution in [0.5, 0.6) is 0 Å². The molecule has 0 aromatic carbocycles. The molecule has 0 aromatic heterocycles. The van der Waals surface area contributed by atoms with Crippen LogP contribution < -0.4 is 0 Å². The standard InChI is InChI=1S/C12H21NO5S/c1-17-12(14)6-3-9-19(15,16)13-7-8-18-11-5-2-4-10(11)13/h10-11H,2-9H2,1H3. The van der Waals surface area contributed by atoms with Crippen molar-refractivity contribution in [2.75, 3.05) is 26.0 Å². The smallest absolute Gasteiger partial charge is 0.305 e. The molecule has 0 radical (unpaired) electrons. The van der Waals surface area contributed by atoms with Crippen molar-refractivity contribution >= 4 is 16.0 Å². The topological polar surface area (TPSA) is 72.9 Å². The largest absolute Gasteiger partial charge is 0.469 e. The second-order valence-electron chi connectivity index (χ2n) is 5.01. The molecule has 7 heteroatoms. The summed E-state index contributed by atoms with van der Waals surface area (Å²) in [4.78, 5) is 11.0. The molecule has 2 unspecified atom stereocenters. The summed E-state index contributed by atoms with van der Waals surface area (Å²) >= 11 is 0. The van der Waals surface area contributed by atoms with E-state index >= 15 is 0 Å². The van der Waals surface area contributed by atoms with E-state index in [9.17, 15) is 13.2 Å². The van der Waals surface area contributed by atoms with Crippen molar-refractivity contribution in [3.8, 4) is 0 Å². The highest BCUT2D eigenvalue weighted by molar-refractivity contribution is 7.89. The van der Waals surface area contributed by atoms with Crippen molar-refractivity contribution in [2.24, 2.45) is 0 Å². The summed E-state index contributed by atoms with van der Waals surface area (Å²) < 4.78 is 36.3. The summed E-state index contributed by atoms with van der Waals surface area (Å²) in [6, 6.07) is -0.00289. The van der Waals surface area contributed by atoms with Crippen LogP contribution in [0.3, 0.4) is 0 Å². The molecule has 2 fully saturated rings. The Labute approximate surface area is 114 Å². The van der Waals surface area contributed by atoms with Crippen LogP contribution in [0, 0.1) is 0 Å². The van der Waals surface area contributed by atoms with Gasteiger partial charge in [0, 0.05) is 13.0 Å². The van der Waals surface area contributed by atoms with Crippen molar-refractivity contribution in [3.63, 3.8) is 0 Å². The molecule has 2 aliphatic rings. The molecule has 0 spiro atoms. The number of hydrogen-bond acceptors (Lipinski definition) is 5. The minimum absolute atomic E-state index is 0.00289. The Balaban J connectivity index is 1.92. The van der Waals surface area contributed by atoms with Crippen molar-refractivity contribution in [3.05, 3.63) is 0 Å². The number of carbonyl (C=O) groups excluding carboxylic acids is 1. The normalized spacial score (nSPS) is 28.1. The third-order valence-electron chi connectivity index (χ3n) is 3.80. The van der Waals surface area contributed by atoms with Gasteiger partial charge in [-0.2, -0.15) is 4.31 Å². The van der Waals surface area contributed by atoms with Gasteiger partial charge in [-0.3, -0.25) is 4.79 Å². The highest BCUT2D eigenvalue weighted by atomic mass is 32.2. The van der Waals surface area contributed by atoms with Crippen molar-refractivity contribution in [1.82, 2.24) is 4.31 Å². The molecule has 1 aliphatic carbocycles. The van der Waals surface area contributed by atoms with Gasteiger partial charge >= 0.3 is 5.97 Å². The molecule has 2 atom stereocenters. The first-order valence-corrected chi connectivity index (χ1v) is 8.33. The van der Waals surface area contributed by atoms with Gasteiger partial charge in [-0.15, -0.1) is 0 Å². The van der Waals surface area contributed by atoms with Crippen LogP contribution in [0.25, 0.3) is 0 Å². The molecule has 110 valence electrons. The highest BCUT2D eigenvalue weighted by Crippen LogP contribution is 2.31. The summed E-state index contributed by atoms with van der Waals surface area (Å²) in [6.45, 7) is 0.902. The van der Waals surface area contributed by atoms with E-state index in [2.05, 4.69) is 4.74 Å². The SMILES string of the molecule is COC(=O)CCCS(=O)(=O)N1CCOC2CCCC21. The minimum atomic E-state index is -3.30. The second-order valence-corrected chi connectivity index (χ2v) is 7.06. The number of esters is 1. The van der Waals surface area contributed by atoms with E-state index in [-0.39, 0.29) is 30.3 Å². The van der Waals surface area contributed by atoms with E-state index in [1.807, 2.05) is 0 Å². The first kappa shape index (κ1) is 14.7. The van der Waals surface area contributed by atoms with Crippen LogP contribution in [0.15, 0.2) is 0 Å². The van der Waals surface area contributed by atoms with Gasteiger partial charge in [-0.25, -0.2) is 8.42 Å². The molecule has 1 saturated heterocycles. The van der Waals surface area contributed by atoms with E-state index in [1.54, 1.807) is 4.31 Å². The highest BCUT2D eigenvalue weighted by Gasteiger charge is 2.41. The van der Waals surface area contributed by atoms with Gasteiger partial charge in [-0.05, 0) is 25.7 Å². The third kappa shape index (κ3) is 3.46. The monoisotopic (exact) mass is 291 g/mol. The van der Waals surface area contributed by atoms with Crippen LogP contribution in [0.4, 0.5) is 0 Å². The lowest BCUT2D eigenvalue weighted by Gasteiger charge is -2.36. The number of sulfonamides is 1. The van der Waals surface area contributed by atoms with Crippen LogP contribution >= 0.6 is 0 Å². The number of morpholine rings is 1. The molecule has 6 nitrogen and oxygen atoms in total. The lowest BCUT2D eigenvalue weighted by molar-refractivity contribution is -0.140. The van der Waals surface area contributed by atoms with E-state index in [1.165, 1.54) is 7.11 Å².